The quantitative estimate of drug-likeness (QED) is 0.576. The zero-order chi connectivity index (χ0) is 12.7. The molecular formula is C16H23N. The van der Waals surface area contributed by atoms with Gasteiger partial charge in [-0.3, -0.25) is 0 Å². The van der Waals surface area contributed by atoms with E-state index in [0.29, 0.717) is 12.0 Å². The Balaban J connectivity index is 2.46. The van der Waals surface area contributed by atoms with E-state index in [1.54, 1.807) is 0 Å². The van der Waals surface area contributed by atoms with Crippen molar-refractivity contribution < 1.29 is 0 Å². The van der Waals surface area contributed by atoms with Crippen LogP contribution in [-0.4, -0.2) is 6.54 Å². The van der Waals surface area contributed by atoms with Crippen LogP contribution in [0.5, 0.6) is 0 Å². The van der Waals surface area contributed by atoms with E-state index in [0.717, 1.165) is 19.4 Å². The topological polar surface area (TPSA) is 12.0 Å². The van der Waals surface area contributed by atoms with E-state index in [4.69, 9.17) is 6.42 Å². The molecule has 1 atom stereocenters. The van der Waals surface area contributed by atoms with Gasteiger partial charge in [0.2, 0.25) is 0 Å². The molecule has 0 spiro atoms. The summed E-state index contributed by atoms with van der Waals surface area (Å²) in [6.07, 6.45) is 7.12. The van der Waals surface area contributed by atoms with Gasteiger partial charge in [0.1, 0.15) is 0 Å². The lowest BCUT2D eigenvalue weighted by molar-refractivity contribution is 0.562. The lowest BCUT2D eigenvalue weighted by atomic mass is 9.99. The van der Waals surface area contributed by atoms with E-state index in [-0.39, 0.29) is 0 Å². The Hall–Kier alpha value is -1.26. The fraction of sp³-hybridized carbons (Fsp3) is 0.500. The van der Waals surface area contributed by atoms with Gasteiger partial charge in [0.05, 0.1) is 0 Å². The molecule has 0 saturated carbocycles. The molecule has 0 bridgehead atoms. The highest BCUT2D eigenvalue weighted by molar-refractivity contribution is 5.26. The number of rotatable bonds is 6. The number of benzene rings is 1. The lowest BCUT2D eigenvalue weighted by Gasteiger charge is -2.15. The van der Waals surface area contributed by atoms with Gasteiger partial charge in [0.25, 0.3) is 0 Å². The van der Waals surface area contributed by atoms with Crippen LogP contribution < -0.4 is 5.32 Å². The van der Waals surface area contributed by atoms with Crippen molar-refractivity contribution in [2.75, 3.05) is 6.54 Å². The molecule has 0 heterocycles. The Morgan fingerprint density at radius 1 is 1.12 bits per heavy atom. The molecule has 0 saturated heterocycles. The molecular weight excluding hydrogens is 206 g/mol. The van der Waals surface area contributed by atoms with Gasteiger partial charge in [-0.1, -0.05) is 38.1 Å². The Kier molecular flexibility index (Phi) is 5.80. The van der Waals surface area contributed by atoms with Gasteiger partial charge in [-0.05, 0) is 36.9 Å². The van der Waals surface area contributed by atoms with Crippen molar-refractivity contribution in [1.82, 2.24) is 5.32 Å². The second-order valence-electron chi connectivity index (χ2n) is 4.80. The molecule has 0 aliphatic heterocycles. The first-order chi connectivity index (χ1) is 8.15. The van der Waals surface area contributed by atoms with Crippen molar-refractivity contribution >= 4 is 0 Å². The Morgan fingerprint density at radius 3 is 2.24 bits per heavy atom. The van der Waals surface area contributed by atoms with E-state index in [1.165, 1.54) is 11.1 Å². The summed E-state index contributed by atoms with van der Waals surface area (Å²) in [5, 5.41) is 3.49. The molecule has 1 heteroatoms. The average Bonchev–Trinajstić information content (AvgIpc) is 2.34. The van der Waals surface area contributed by atoms with Crippen molar-refractivity contribution in [2.45, 2.75) is 45.6 Å². The molecule has 0 fully saturated rings. The second-order valence-corrected chi connectivity index (χ2v) is 4.80. The predicted octanol–water partition coefficient (Wildman–Crippen LogP) is 3.87. The minimum Gasteiger partial charge on any atom is -0.310 e. The maximum atomic E-state index is 5.22. The highest BCUT2D eigenvalue weighted by Gasteiger charge is 2.05. The molecule has 0 aliphatic carbocycles. The predicted molar refractivity (Wildman–Crippen MR) is 75.0 cm³/mol. The van der Waals surface area contributed by atoms with E-state index >= 15 is 0 Å². The van der Waals surface area contributed by atoms with E-state index in [1.807, 2.05) is 0 Å². The molecule has 0 aromatic heterocycles. The third kappa shape index (κ3) is 4.63. The van der Waals surface area contributed by atoms with Gasteiger partial charge in [-0.2, -0.15) is 0 Å². The fourth-order valence-electron chi connectivity index (χ4n) is 1.80. The highest BCUT2D eigenvalue weighted by Crippen LogP contribution is 2.18. The first-order valence-electron chi connectivity index (χ1n) is 6.42. The summed E-state index contributed by atoms with van der Waals surface area (Å²) in [6, 6.07) is 9.27. The Bertz CT molecular complexity index is 356. The summed E-state index contributed by atoms with van der Waals surface area (Å²) >= 11 is 0. The third-order valence-corrected chi connectivity index (χ3v) is 3.05. The van der Waals surface area contributed by atoms with Gasteiger partial charge < -0.3 is 5.32 Å². The minimum atomic E-state index is 0.397. The first-order valence-corrected chi connectivity index (χ1v) is 6.42. The molecule has 1 nitrogen and oxygen atoms in total. The summed E-state index contributed by atoms with van der Waals surface area (Å²) in [4.78, 5) is 0. The van der Waals surface area contributed by atoms with Gasteiger partial charge in [0.15, 0.2) is 0 Å². The number of nitrogens with one attached hydrogen (secondary N) is 1. The third-order valence-electron chi connectivity index (χ3n) is 3.05. The van der Waals surface area contributed by atoms with E-state index in [2.05, 4.69) is 56.3 Å². The molecule has 1 unspecified atom stereocenters. The molecule has 92 valence electrons. The van der Waals surface area contributed by atoms with Gasteiger partial charge in [0, 0.05) is 12.5 Å². The van der Waals surface area contributed by atoms with Crippen LogP contribution in [0.15, 0.2) is 24.3 Å². The fourth-order valence-corrected chi connectivity index (χ4v) is 1.80. The van der Waals surface area contributed by atoms with Crippen LogP contribution in [0.1, 0.15) is 56.7 Å². The van der Waals surface area contributed by atoms with Crippen molar-refractivity contribution in [3.8, 4) is 12.3 Å². The molecule has 1 aromatic rings. The smallest absolute Gasteiger partial charge is 0.0291 e. The van der Waals surface area contributed by atoms with E-state index in [9.17, 15) is 0 Å². The number of terminal acetylenes is 1. The zero-order valence-corrected chi connectivity index (χ0v) is 11.2. The van der Waals surface area contributed by atoms with Crippen LogP contribution in [0.3, 0.4) is 0 Å². The zero-order valence-electron chi connectivity index (χ0n) is 11.2. The van der Waals surface area contributed by atoms with Gasteiger partial charge in [-0.25, -0.2) is 0 Å². The van der Waals surface area contributed by atoms with Crippen LogP contribution in [0.4, 0.5) is 0 Å². The van der Waals surface area contributed by atoms with Crippen molar-refractivity contribution in [1.29, 1.82) is 0 Å². The highest BCUT2D eigenvalue weighted by atomic mass is 14.9. The maximum Gasteiger partial charge on any atom is 0.0291 e. The van der Waals surface area contributed by atoms with Crippen LogP contribution in [0.25, 0.3) is 0 Å². The van der Waals surface area contributed by atoms with Gasteiger partial charge >= 0.3 is 0 Å². The molecule has 1 aromatic carbocycles. The molecule has 0 aliphatic rings. The largest absolute Gasteiger partial charge is 0.310 e. The minimum absolute atomic E-state index is 0.397. The SMILES string of the molecule is C#CCCCNC(C)c1ccc(C(C)C)cc1. The molecule has 1 rings (SSSR count). The maximum absolute atomic E-state index is 5.22. The van der Waals surface area contributed by atoms with Crippen LogP contribution >= 0.6 is 0 Å². The number of hydrogen-bond acceptors (Lipinski definition) is 1. The van der Waals surface area contributed by atoms with Crippen molar-refractivity contribution in [3.05, 3.63) is 35.4 Å². The van der Waals surface area contributed by atoms with Crippen LogP contribution in [0.2, 0.25) is 0 Å². The first kappa shape index (κ1) is 13.8. The summed E-state index contributed by atoms with van der Waals surface area (Å²) < 4.78 is 0. The summed E-state index contributed by atoms with van der Waals surface area (Å²) in [5.74, 6) is 3.26. The summed E-state index contributed by atoms with van der Waals surface area (Å²) in [5.41, 5.74) is 2.74. The molecule has 0 radical (unpaired) electrons. The van der Waals surface area contributed by atoms with Crippen molar-refractivity contribution in [2.24, 2.45) is 0 Å². The summed E-state index contributed by atoms with van der Waals surface area (Å²) in [6.45, 7) is 7.62. The monoisotopic (exact) mass is 229 g/mol. The molecule has 1 N–H and O–H groups in total. The number of unbranched alkanes of at least 4 members (excludes halogenated alkanes) is 1. The second kappa shape index (κ2) is 7.14. The van der Waals surface area contributed by atoms with Crippen LogP contribution in [-0.2, 0) is 0 Å². The Labute approximate surface area is 106 Å². The standard InChI is InChI=1S/C16H23N/c1-5-6-7-12-17-14(4)16-10-8-15(9-11-16)13(2)3/h1,8-11,13-14,17H,6-7,12H2,2-4H3. The van der Waals surface area contributed by atoms with Crippen molar-refractivity contribution in [3.63, 3.8) is 0 Å². The lowest BCUT2D eigenvalue weighted by Crippen LogP contribution is -2.19. The van der Waals surface area contributed by atoms with Gasteiger partial charge in [-0.15, -0.1) is 12.3 Å². The van der Waals surface area contributed by atoms with Crippen LogP contribution in [0, 0.1) is 12.3 Å². The number of hydrogen-bond donors (Lipinski definition) is 1. The molecule has 17 heavy (non-hydrogen) atoms. The average molecular weight is 229 g/mol. The summed E-state index contributed by atoms with van der Waals surface area (Å²) in [7, 11) is 0. The normalized spacial score (nSPS) is 12.4. The Morgan fingerprint density at radius 2 is 1.71 bits per heavy atom. The van der Waals surface area contributed by atoms with E-state index < -0.39 is 0 Å². The molecule has 0 amide bonds.